The Bertz CT molecular complexity index is 1740. The fourth-order valence-corrected chi connectivity index (χ4v) is 6.09. The maximum Gasteiger partial charge on any atom is 0.323 e. The Balaban J connectivity index is 1.26. The van der Waals surface area contributed by atoms with E-state index in [0.717, 1.165) is 32.2 Å². The number of aliphatic carboxylic acids is 1. The molecule has 1 aliphatic heterocycles. The van der Waals surface area contributed by atoms with E-state index in [2.05, 4.69) is 21.7 Å². The molecule has 4 aromatic rings. The largest absolute Gasteiger partial charge is 0.759 e. The lowest BCUT2D eigenvalue weighted by Gasteiger charge is -2.45. The average Bonchev–Trinajstić information content (AvgIpc) is 3.00. The standard InChI is InChI=1S/C32H33N5O5S/c1-23(2)30(32(39)40)37(43(41)42)36-19-17-34(18-20-36)28-9-6-24(7-10-28)3-4-25-5-8-27-13-16-35(31(38)29(27)21-25)22-26-11-14-33-15-12-26/h5-16,21,23,30H,17-20,22H2,1-2H3,(H,39,40)(H,41,42)/p-1. The van der Waals surface area contributed by atoms with E-state index in [1.54, 1.807) is 42.0 Å². The van der Waals surface area contributed by atoms with E-state index in [1.807, 2.05) is 60.7 Å². The Labute approximate surface area is 252 Å². The molecule has 0 radical (unpaired) electrons. The Morgan fingerprint density at radius 2 is 1.65 bits per heavy atom. The molecule has 0 amide bonds. The van der Waals surface area contributed by atoms with Crippen LogP contribution < -0.4 is 10.5 Å². The second kappa shape index (κ2) is 13.3. The summed E-state index contributed by atoms with van der Waals surface area (Å²) in [5.41, 5.74) is 3.46. The van der Waals surface area contributed by atoms with Gasteiger partial charge in [0.05, 0.1) is 6.54 Å². The fraction of sp³-hybridized carbons (Fsp3) is 0.281. The van der Waals surface area contributed by atoms with Crippen LogP contribution >= 0.6 is 0 Å². The second-order valence-electron chi connectivity index (χ2n) is 10.7. The van der Waals surface area contributed by atoms with Crippen molar-refractivity contribution in [2.75, 3.05) is 31.1 Å². The number of carboxylic acids is 1. The molecule has 1 fully saturated rings. The predicted octanol–water partition coefficient (Wildman–Crippen LogP) is 3.09. The van der Waals surface area contributed by atoms with Crippen LogP contribution in [0.3, 0.4) is 0 Å². The van der Waals surface area contributed by atoms with Gasteiger partial charge in [0.15, 0.2) is 0 Å². The molecule has 43 heavy (non-hydrogen) atoms. The first-order valence-electron chi connectivity index (χ1n) is 14.0. The van der Waals surface area contributed by atoms with Crippen molar-refractivity contribution in [2.45, 2.75) is 26.4 Å². The van der Waals surface area contributed by atoms with Gasteiger partial charge in [-0.05, 0) is 71.5 Å². The number of hydrogen-bond acceptors (Lipinski definition) is 7. The third-order valence-corrected chi connectivity index (χ3v) is 8.24. The summed E-state index contributed by atoms with van der Waals surface area (Å²) in [6, 6.07) is 18.0. The van der Waals surface area contributed by atoms with Crippen LogP contribution in [0.15, 0.2) is 84.0 Å². The van der Waals surface area contributed by atoms with E-state index < -0.39 is 23.3 Å². The highest BCUT2D eigenvalue weighted by molar-refractivity contribution is 7.76. The summed E-state index contributed by atoms with van der Waals surface area (Å²) in [6.45, 7) is 5.68. The van der Waals surface area contributed by atoms with Crippen LogP contribution in [0.2, 0.25) is 0 Å². The number of carboxylic acid groups (broad SMARTS) is 1. The lowest BCUT2D eigenvalue weighted by Crippen LogP contribution is -2.60. The molecule has 5 rings (SSSR count). The molecule has 0 aliphatic carbocycles. The molecular formula is C32H32N5O5S-. The monoisotopic (exact) mass is 598 g/mol. The normalized spacial score (nSPS) is 15.3. The van der Waals surface area contributed by atoms with Gasteiger partial charge in [0, 0.05) is 78.2 Å². The number of benzene rings is 2. The Hall–Kier alpha value is -4.34. The lowest BCUT2D eigenvalue weighted by molar-refractivity contribution is -0.149. The highest BCUT2D eigenvalue weighted by Crippen LogP contribution is 2.22. The molecule has 0 saturated carbocycles. The molecule has 2 aromatic heterocycles. The molecule has 222 valence electrons. The smallest absolute Gasteiger partial charge is 0.323 e. The van der Waals surface area contributed by atoms with Crippen molar-refractivity contribution in [3.63, 3.8) is 0 Å². The molecule has 0 spiro atoms. The zero-order valence-corrected chi connectivity index (χ0v) is 24.7. The van der Waals surface area contributed by atoms with E-state index in [-0.39, 0.29) is 11.5 Å². The molecule has 2 atom stereocenters. The minimum Gasteiger partial charge on any atom is -0.759 e. The number of anilines is 1. The average molecular weight is 599 g/mol. The third-order valence-electron chi connectivity index (χ3n) is 7.47. The summed E-state index contributed by atoms with van der Waals surface area (Å²) >= 11 is -2.69. The van der Waals surface area contributed by atoms with Crippen molar-refractivity contribution < 1.29 is 18.7 Å². The van der Waals surface area contributed by atoms with Crippen LogP contribution in [0.5, 0.6) is 0 Å². The van der Waals surface area contributed by atoms with Gasteiger partial charge in [0.1, 0.15) is 6.04 Å². The first-order chi connectivity index (χ1) is 20.7. The first kappa shape index (κ1) is 30.1. The minimum atomic E-state index is -2.69. The van der Waals surface area contributed by atoms with E-state index in [4.69, 9.17) is 0 Å². The SMILES string of the molecule is CC(C)C(C(=O)O)N(N1CCN(c2ccc(C#Cc3ccc4ccn(Cc5ccncc5)c(=O)c4c3)cc2)CC1)S(=O)[O-]. The number of piperazine rings is 1. The van der Waals surface area contributed by atoms with Crippen molar-refractivity contribution in [3.05, 3.63) is 106 Å². The maximum absolute atomic E-state index is 13.2. The predicted molar refractivity (Wildman–Crippen MR) is 165 cm³/mol. The number of aromatic nitrogens is 2. The van der Waals surface area contributed by atoms with Crippen molar-refractivity contribution >= 4 is 33.7 Å². The molecule has 0 bridgehead atoms. The van der Waals surface area contributed by atoms with Crippen molar-refractivity contribution in [1.82, 2.24) is 19.0 Å². The molecule has 2 aromatic carbocycles. The molecule has 11 heteroatoms. The van der Waals surface area contributed by atoms with Gasteiger partial charge in [-0.15, -0.1) is 0 Å². The van der Waals surface area contributed by atoms with Crippen molar-refractivity contribution in [1.29, 1.82) is 0 Å². The van der Waals surface area contributed by atoms with Gasteiger partial charge in [0.25, 0.3) is 5.56 Å². The summed E-state index contributed by atoms with van der Waals surface area (Å²) in [5, 5.41) is 12.7. The zero-order chi connectivity index (χ0) is 30.5. The summed E-state index contributed by atoms with van der Waals surface area (Å²) in [5.74, 6) is 4.79. The number of rotatable bonds is 8. The van der Waals surface area contributed by atoms with Gasteiger partial charge < -0.3 is 19.1 Å². The summed E-state index contributed by atoms with van der Waals surface area (Å²) in [7, 11) is 0. The van der Waals surface area contributed by atoms with E-state index in [1.165, 1.54) is 0 Å². The summed E-state index contributed by atoms with van der Waals surface area (Å²) in [6.07, 6.45) is 5.22. The van der Waals surface area contributed by atoms with E-state index in [9.17, 15) is 23.5 Å². The van der Waals surface area contributed by atoms with Crippen LogP contribution in [0.4, 0.5) is 5.69 Å². The minimum absolute atomic E-state index is 0.0743. The van der Waals surface area contributed by atoms with Crippen molar-refractivity contribution in [3.8, 4) is 11.8 Å². The Kier molecular flexibility index (Phi) is 9.33. The topological polar surface area (TPSA) is 122 Å². The van der Waals surface area contributed by atoms with Gasteiger partial charge in [-0.1, -0.05) is 31.8 Å². The summed E-state index contributed by atoms with van der Waals surface area (Å²) < 4.78 is 26.5. The molecule has 10 nitrogen and oxygen atoms in total. The molecule has 3 heterocycles. The van der Waals surface area contributed by atoms with E-state index >= 15 is 0 Å². The number of pyridine rings is 2. The van der Waals surface area contributed by atoms with Crippen LogP contribution in [-0.4, -0.2) is 71.0 Å². The van der Waals surface area contributed by atoms with Gasteiger partial charge in [-0.2, -0.15) is 4.41 Å². The number of fused-ring (bicyclic) bond motifs is 1. The quantitative estimate of drug-likeness (QED) is 0.243. The van der Waals surface area contributed by atoms with Crippen LogP contribution in [0.1, 0.15) is 30.5 Å². The number of hydrazine groups is 1. The van der Waals surface area contributed by atoms with Crippen molar-refractivity contribution in [2.24, 2.45) is 5.92 Å². The molecule has 1 aliphatic rings. The van der Waals surface area contributed by atoms with Gasteiger partial charge >= 0.3 is 5.97 Å². The van der Waals surface area contributed by atoms with Crippen LogP contribution in [-0.2, 0) is 22.6 Å². The highest BCUT2D eigenvalue weighted by Gasteiger charge is 2.35. The Morgan fingerprint density at radius 3 is 2.28 bits per heavy atom. The number of carbonyl (C=O) groups is 1. The molecule has 1 N–H and O–H groups in total. The second-order valence-corrected chi connectivity index (χ2v) is 11.5. The van der Waals surface area contributed by atoms with Crippen LogP contribution in [0.25, 0.3) is 10.8 Å². The fourth-order valence-electron chi connectivity index (χ4n) is 5.22. The Morgan fingerprint density at radius 1 is 1.00 bits per heavy atom. The van der Waals surface area contributed by atoms with E-state index in [0.29, 0.717) is 38.1 Å². The molecular weight excluding hydrogens is 566 g/mol. The number of hydrogen-bond donors (Lipinski definition) is 1. The zero-order valence-electron chi connectivity index (χ0n) is 23.9. The number of nitrogens with zero attached hydrogens (tertiary/aromatic N) is 5. The molecule has 2 unspecified atom stereocenters. The lowest BCUT2D eigenvalue weighted by atomic mass is 10.1. The third kappa shape index (κ3) is 7.01. The molecule has 1 saturated heterocycles. The first-order valence-corrected chi connectivity index (χ1v) is 15.0. The van der Waals surface area contributed by atoms with Gasteiger partial charge in [0.2, 0.25) is 0 Å². The maximum atomic E-state index is 13.2. The highest BCUT2D eigenvalue weighted by atomic mass is 32.2. The summed E-state index contributed by atoms with van der Waals surface area (Å²) in [4.78, 5) is 31.1. The van der Waals surface area contributed by atoms with Gasteiger partial charge in [-0.3, -0.25) is 18.8 Å². The van der Waals surface area contributed by atoms with Crippen LogP contribution in [0, 0.1) is 17.8 Å². The van der Waals surface area contributed by atoms with Gasteiger partial charge in [-0.25, -0.2) is 5.01 Å².